The third-order valence-corrected chi connectivity index (χ3v) is 0.691. The molecule has 0 unspecified atom stereocenters. The van der Waals surface area contributed by atoms with E-state index >= 15 is 0 Å². The molecule has 0 amide bonds. The number of hydrogen-bond acceptors (Lipinski definition) is 3. The molecule has 0 saturated heterocycles. The average molecular weight is 157 g/mol. The molecule has 0 spiro atoms. The summed E-state index contributed by atoms with van der Waals surface area (Å²) in [5.41, 5.74) is -3.59. The van der Waals surface area contributed by atoms with E-state index in [9.17, 15) is 4.79 Å². The minimum absolute atomic E-state index is 0.151. The number of thioether (sulfide) groups is 1. The molecule has 0 fully saturated rings. The summed E-state index contributed by atoms with van der Waals surface area (Å²) < 4.78 is 57.2. The lowest BCUT2D eigenvalue weighted by molar-refractivity contribution is -0.138. The summed E-state index contributed by atoms with van der Waals surface area (Å²) in [5, 5.41) is 8.74. The molecule has 0 bridgehead atoms. The Morgan fingerprint density at radius 2 is 3.22 bits per heavy atom. The molecule has 4 heteroatoms. The lowest BCUT2D eigenvalue weighted by Gasteiger charge is -2.02. The number of carbonyl (C=O) groups is 1. The molecule has 0 aromatic heterocycles. The van der Waals surface area contributed by atoms with Gasteiger partial charge >= 0.3 is 5.97 Å². The Hall–Kier alpha value is -0.220. The number of carboxylic acid groups (broad SMARTS) is 1. The summed E-state index contributed by atoms with van der Waals surface area (Å²) in [6.45, 7) is 0. The van der Waals surface area contributed by atoms with Crippen molar-refractivity contribution >= 4 is 17.7 Å². The van der Waals surface area contributed by atoms with Gasteiger partial charge in [0.15, 0.2) is 0 Å². The number of rotatable bonds is 5. The molecule has 0 aliphatic heterocycles. The fourth-order valence-electron chi connectivity index (χ4n) is 0.138. The van der Waals surface area contributed by atoms with Crippen molar-refractivity contribution in [3.63, 3.8) is 0 Å². The van der Waals surface area contributed by atoms with Gasteiger partial charge in [0.2, 0.25) is 0 Å². The Kier molecular flexibility index (Phi) is 1.10. The Morgan fingerprint density at radius 3 is 3.67 bits per heavy atom. The normalized spacial score (nSPS) is 33.0. The van der Waals surface area contributed by atoms with Crippen LogP contribution < -0.4 is 5.72 Å². The second kappa shape index (κ2) is 4.64. The largest absolute Gasteiger partial charge is 0.480 e. The van der Waals surface area contributed by atoms with E-state index in [-0.39, 0.29) is 11.8 Å². The van der Waals surface area contributed by atoms with E-state index in [1.54, 1.807) is 0 Å². The van der Waals surface area contributed by atoms with Crippen molar-refractivity contribution in [2.75, 3.05) is 11.9 Å². The maximum atomic E-state index is 10.8. The van der Waals surface area contributed by atoms with Crippen LogP contribution >= 0.6 is 11.8 Å². The molecule has 0 aliphatic carbocycles. The summed E-state index contributed by atoms with van der Waals surface area (Å²) >= 11 is 0.151. The maximum Gasteiger partial charge on any atom is 0.320 e. The van der Waals surface area contributed by atoms with E-state index in [1.165, 1.54) is 0 Å². The molecular formula is C5H11NO2S. The van der Waals surface area contributed by atoms with E-state index < -0.39 is 36.0 Å². The summed E-state index contributed by atoms with van der Waals surface area (Å²) in [7, 11) is 0. The minimum atomic E-state index is -3.43. The molecule has 1 atom stereocenters. The number of aliphatic carboxylic acids is 1. The van der Waals surface area contributed by atoms with Crippen molar-refractivity contribution in [3.8, 4) is 0 Å². The molecule has 0 rings (SSSR count). The summed E-state index contributed by atoms with van der Waals surface area (Å²) in [5.74, 6) is -2.15. The van der Waals surface area contributed by atoms with Gasteiger partial charge in [-0.05, 0) is 18.3 Å². The first kappa shape index (κ1) is 2.13. The van der Waals surface area contributed by atoms with Crippen LogP contribution in [-0.2, 0) is 4.79 Å². The van der Waals surface area contributed by atoms with E-state index in [2.05, 4.69) is 0 Å². The Balaban J connectivity index is 5.60. The number of nitrogens with two attached hydrogens (primary N) is 1. The predicted molar refractivity (Wildman–Crippen MR) is 38.6 cm³/mol. The van der Waals surface area contributed by atoms with Crippen molar-refractivity contribution in [3.05, 3.63) is 0 Å². The van der Waals surface area contributed by atoms with Crippen LogP contribution in [-0.4, -0.2) is 29.0 Å². The molecule has 54 valence electrons. The van der Waals surface area contributed by atoms with Gasteiger partial charge in [0, 0.05) is 6.85 Å². The molecule has 0 aromatic carbocycles. The van der Waals surface area contributed by atoms with Gasteiger partial charge in [0.1, 0.15) is 8.84 Å². The first-order chi connectivity index (χ1) is 7.45. The molecule has 0 aliphatic rings. The Bertz CT molecular complexity index is 300. The number of hydrogen-bond donors (Lipinski definition) is 2. The molecule has 0 saturated carbocycles. The van der Waals surface area contributed by atoms with Crippen LogP contribution in [0.3, 0.4) is 0 Å². The third-order valence-electron chi connectivity index (χ3n) is 0.444. The highest BCUT2D eigenvalue weighted by Gasteiger charge is 2.08. The summed E-state index contributed by atoms with van der Waals surface area (Å²) in [4.78, 5) is 10.8. The molecule has 0 aromatic rings. The standard InChI is InChI=1S/C5H11NO2S/c1-9-3-2-4(6)5(7)8/h4H,2-3,6H2,1H3,(H,7,8)/t4-/m0/s1/i1D,2D2,3D2,4D/hD2. The van der Waals surface area contributed by atoms with Gasteiger partial charge in [-0.25, -0.2) is 0 Å². The highest BCUT2D eigenvalue weighted by atomic mass is 32.2. The van der Waals surface area contributed by atoms with Crippen molar-refractivity contribution < 1.29 is 20.9 Å². The SMILES string of the molecule is [2H]CSC([2H])([2H])C([2H])([2H])[C@@]([2H])(C(=O)O)N([2H])[2H]. The molecule has 3 N–H and O–H groups in total. The van der Waals surface area contributed by atoms with E-state index in [0.717, 1.165) is 0 Å². The highest BCUT2D eigenvalue weighted by molar-refractivity contribution is 7.98. The summed E-state index contributed by atoms with van der Waals surface area (Å²) in [6, 6.07) is -3.43. The van der Waals surface area contributed by atoms with Gasteiger partial charge < -0.3 is 10.8 Å². The highest BCUT2D eigenvalue weighted by Crippen LogP contribution is 1.97. The van der Waals surface area contributed by atoms with Crippen LogP contribution in [0.2, 0.25) is 2.82 Å². The summed E-state index contributed by atoms with van der Waals surface area (Å²) in [6.07, 6.45) is -3.95. The van der Waals surface area contributed by atoms with Crippen molar-refractivity contribution in [2.45, 2.75) is 12.4 Å². The van der Waals surface area contributed by atoms with Crippen molar-refractivity contribution in [1.82, 2.24) is 0 Å². The molecular weight excluding hydrogens is 138 g/mol. The Morgan fingerprint density at radius 1 is 2.44 bits per heavy atom. The van der Waals surface area contributed by atoms with Crippen molar-refractivity contribution in [1.29, 1.82) is 0 Å². The monoisotopic (exact) mass is 157 g/mol. The van der Waals surface area contributed by atoms with Gasteiger partial charge in [-0.3, -0.25) is 4.79 Å². The topological polar surface area (TPSA) is 63.3 Å². The molecule has 0 heterocycles. The lowest BCUT2D eigenvalue weighted by atomic mass is 10.2. The number of carboxylic acids is 1. The first-order valence-electron chi connectivity index (χ1n) is 6.00. The van der Waals surface area contributed by atoms with E-state index in [1.807, 2.05) is 0 Å². The minimum Gasteiger partial charge on any atom is -0.480 e. The van der Waals surface area contributed by atoms with Crippen LogP contribution in [0.5, 0.6) is 0 Å². The molecule has 0 radical (unpaired) electrons. The van der Waals surface area contributed by atoms with Crippen LogP contribution in [0.25, 0.3) is 0 Å². The van der Waals surface area contributed by atoms with Gasteiger partial charge in [0.05, 0.1) is 1.37 Å². The molecule has 9 heavy (non-hydrogen) atoms. The zero-order chi connectivity index (χ0) is 14.1. The van der Waals surface area contributed by atoms with Crippen molar-refractivity contribution in [2.24, 2.45) is 5.72 Å². The van der Waals surface area contributed by atoms with Crippen LogP contribution in [0.15, 0.2) is 0 Å². The van der Waals surface area contributed by atoms with Crippen LogP contribution in [0.1, 0.15) is 14.6 Å². The van der Waals surface area contributed by atoms with E-state index in [0.29, 0.717) is 0 Å². The zero-order valence-corrected chi connectivity index (χ0v) is 5.23. The third kappa shape index (κ3) is 4.29. The Labute approximate surface area is 70.0 Å². The fourth-order valence-corrected chi connectivity index (χ4v) is 0.307. The van der Waals surface area contributed by atoms with E-state index in [4.69, 9.17) is 16.2 Å². The second-order valence-corrected chi connectivity index (χ2v) is 1.52. The van der Waals surface area contributed by atoms with Gasteiger partial charge in [0.25, 0.3) is 0 Å². The van der Waals surface area contributed by atoms with Gasteiger partial charge in [-0.2, -0.15) is 11.8 Å². The smallest absolute Gasteiger partial charge is 0.320 e. The first-order valence-corrected chi connectivity index (χ1v) is 2.88. The maximum absolute atomic E-state index is 10.8. The van der Waals surface area contributed by atoms with Crippen LogP contribution in [0, 0.1) is 0 Å². The van der Waals surface area contributed by atoms with Gasteiger partial charge in [-0.1, -0.05) is 0 Å². The zero-order valence-electron chi connectivity index (χ0n) is 12.4. The second-order valence-electron chi connectivity index (χ2n) is 1.03. The fraction of sp³-hybridized carbons (Fsp3) is 0.800. The lowest BCUT2D eigenvalue weighted by Crippen LogP contribution is -2.30. The predicted octanol–water partition coefficient (Wildman–Crippen LogP) is 0.151. The quantitative estimate of drug-likeness (QED) is 0.596. The average Bonchev–Trinajstić information content (AvgIpc) is 2.14. The van der Waals surface area contributed by atoms with Crippen LogP contribution in [0.4, 0.5) is 0 Å². The molecule has 3 nitrogen and oxygen atoms in total. The van der Waals surface area contributed by atoms with Gasteiger partial charge in [-0.15, -0.1) is 0 Å².